The SMILES string of the molecule is CCC1CN(C(CN)(COC)C2CC2)CCS1. The van der Waals surface area contributed by atoms with Crippen molar-refractivity contribution in [1.29, 1.82) is 0 Å². The van der Waals surface area contributed by atoms with E-state index in [-0.39, 0.29) is 5.54 Å². The molecular weight excluding hydrogens is 232 g/mol. The van der Waals surface area contributed by atoms with Crippen molar-refractivity contribution < 1.29 is 4.74 Å². The molecular formula is C13H26N2OS. The summed E-state index contributed by atoms with van der Waals surface area (Å²) in [6.07, 6.45) is 3.93. The van der Waals surface area contributed by atoms with Gasteiger partial charge in [-0.25, -0.2) is 0 Å². The van der Waals surface area contributed by atoms with E-state index >= 15 is 0 Å². The van der Waals surface area contributed by atoms with Gasteiger partial charge in [0.1, 0.15) is 0 Å². The summed E-state index contributed by atoms with van der Waals surface area (Å²) >= 11 is 2.12. The molecule has 1 saturated carbocycles. The van der Waals surface area contributed by atoms with Gasteiger partial charge < -0.3 is 10.5 Å². The highest BCUT2D eigenvalue weighted by atomic mass is 32.2. The molecule has 1 aliphatic heterocycles. The standard InChI is InChI=1S/C13H26N2OS/c1-3-12-8-15(6-7-17-12)13(9-14,10-16-2)11-4-5-11/h11-12H,3-10,14H2,1-2H3. The van der Waals surface area contributed by atoms with Crippen LogP contribution in [0.2, 0.25) is 0 Å². The molecule has 2 fully saturated rings. The van der Waals surface area contributed by atoms with Gasteiger partial charge in [0.25, 0.3) is 0 Å². The summed E-state index contributed by atoms with van der Waals surface area (Å²) in [5, 5.41) is 0.783. The first-order valence-corrected chi connectivity index (χ1v) is 7.87. The largest absolute Gasteiger partial charge is 0.383 e. The highest BCUT2D eigenvalue weighted by Gasteiger charge is 2.49. The summed E-state index contributed by atoms with van der Waals surface area (Å²) in [4.78, 5) is 2.64. The molecule has 3 nitrogen and oxygen atoms in total. The van der Waals surface area contributed by atoms with Gasteiger partial charge in [-0.05, 0) is 25.2 Å². The summed E-state index contributed by atoms with van der Waals surface area (Å²) in [6, 6.07) is 0. The zero-order valence-corrected chi connectivity index (χ0v) is 12.0. The Bertz CT molecular complexity index is 248. The molecule has 2 rings (SSSR count). The number of nitrogens with zero attached hydrogens (tertiary/aromatic N) is 1. The smallest absolute Gasteiger partial charge is 0.0661 e. The van der Waals surface area contributed by atoms with Crippen LogP contribution in [0.4, 0.5) is 0 Å². The Kier molecular flexibility index (Phi) is 4.75. The average Bonchev–Trinajstić information content (AvgIpc) is 3.21. The maximum absolute atomic E-state index is 6.12. The maximum atomic E-state index is 6.12. The molecule has 0 aromatic carbocycles. The molecule has 0 aromatic heterocycles. The second-order valence-corrected chi connectivity index (χ2v) is 6.77. The van der Waals surface area contributed by atoms with Crippen LogP contribution >= 0.6 is 11.8 Å². The van der Waals surface area contributed by atoms with Crippen molar-refractivity contribution in [3.8, 4) is 0 Å². The van der Waals surface area contributed by atoms with Gasteiger partial charge >= 0.3 is 0 Å². The van der Waals surface area contributed by atoms with Crippen molar-refractivity contribution in [2.45, 2.75) is 37.0 Å². The molecule has 1 aliphatic carbocycles. The number of thioether (sulfide) groups is 1. The van der Waals surface area contributed by atoms with Crippen LogP contribution in [0.5, 0.6) is 0 Å². The van der Waals surface area contributed by atoms with Gasteiger partial charge in [-0.1, -0.05) is 6.92 Å². The molecule has 2 atom stereocenters. The first kappa shape index (κ1) is 13.7. The number of rotatable bonds is 6. The monoisotopic (exact) mass is 258 g/mol. The summed E-state index contributed by atoms with van der Waals surface area (Å²) in [6.45, 7) is 6.21. The van der Waals surface area contributed by atoms with Gasteiger partial charge in [0.2, 0.25) is 0 Å². The van der Waals surface area contributed by atoms with Crippen molar-refractivity contribution in [2.24, 2.45) is 11.7 Å². The summed E-state index contributed by atoms with van der Waals surface area (Å²) in [5.74, 6) is 2.02. The average molecular weight is 258 g/mol. The molecule has 17 heavy (non-hydrogen) atoms. The predicted molar refractivity (Wildman–Crippen MR) is 74.5 cm³/mol. The van der Waals surface area contributed by atoms with E-state index in [0.29, 0.717) is 0 Å². The number of nitrogens with two attached hydrogens (primary N) is 1. The third-order valence-electron chi connectivity index (χ3n) is 4.31. The van der Waals surface area contributed by atoms with E-state index in [0.717, 1.165) is 24.3 Å². The fraction of sp³-hybridized carbons (Fsp3) is 1.00. The van der Waals surface area contributed by atoms with Crippen LogP contribution < -0.4 is 5.73 Å². The highest BCUT2D eigenvalue weighted by molar-refractivity contribution is 8.00. The van der Waals surface area contributed by atoms with Crippen LogP contribution in [-0.4, -0.2) is 54.8 Å². The molecule has 2 N–H and O–H groups in total. The van der Waals surface area contributed by atoms with Crippen molar-refractivity contribution >= 4 is 11.8 Å². The second-order valence-electron chi connectivity index (χ2n) is 5.36. The van der Waals surface area contributed by atoms with Gasteiger partial charge in [-0.15, -0.1) is 0 Å². The normalized spacial score (nSPS) is 30.2. The Morgan fingerprint density at radius 2 is 2.24 bits per heavy atom. The molecule has 0 aromatic rings. The minimum atomic E-state index is 0.128. The third kappa shape index (κ3) is 2.80. The number of hydrogen-bond donors (Lipinski definition) is 1. The molecule has 1 saturated heterocycles. The maximum Gasteiger partial charge on any atom is 0.0661 e. The van der Waals surface area contributed by atoms with Crippen molar-refractivity contribution in [1.82, 2.24) is 4.90 Å². The van der Waals surface area contributed by atoms with Crippen molar-refractivity contribution in [2.75, 3.05) is 39.1 Å². The van der Waals surface area contributed by atoms with Crippen molar-refractivity contribution in [3.05, 3.63) is 0 Å². The first-order valence-electron chi connectivity index (χ1n) is 6.82. The molecule has 4 heteroatoms. The first-order chi connectivity index (χ1) is 8.26. The Morgan fingerprint density at radius 3 is 2.76 bits per heavy atom. The van der Waals surface area contributed by atoms with E-state index in [1.165, 1.54) is 38.1 Å². The van der Waals surface area contributed by atoms with Crippen LogP contribution in [0, 0.1) is 5.92 Å². The van der Waals surface area contributed by atoms with Crippen LogP contribution in [-0.2, 0) is 4.74 Å². The van der Waals surface area contributed by atoms with Gasteiger partial charge in [-0.2, -0.15) is 11.8 Å². The molecule has 0 bridgehead atoms. The molecule has 0 amide bonds. The number of methoxy groups -OCH3 is 1. The topological polar surface area (TPSA) is 38.5 Å². The third-order valence-corrected chi connectivity index (χ3v) is 5.68. The van der Waals surface area contributed by atoms with E-state index in [1.807, 2.05) is 7.11 Å². The van der Waals surface area contributed by atoms with Gasteiger partial charge in [0.05, 0.1) is 12.1 Å². The summed E-state index contributed by atoms with van der Waals surface area (Å²) < 4.78 is 5.49. The highest BCUT2D eigenvalue weighted by Crippen LogP contribution is 2.44. The molecule has 0 spiro atoms. The number of ether oxygens (including phenoxy) is 1. The lowest BCUT2D eigenvalue weighted by molar-refractivity contribution is 0.000920. The zero-order valence-electron chi connectivity index (χ0n) is 11.2. The van der Waals surface area contributed by atoms with Crippen LogP contribution in [0.25, 0.3) is 0 Å². The molecule has 0 radical (unpaired) electrons. The molecule has 100 valence electrons. The lowest BCUT2D eigenvalue weighted by Gasteiger charge is -2.47. The van der Waals surface area contributed by atoms with E-state index in [4.69, 9.17) is 10.5 Å². The molecule has 2 unspecified atom stereocenters. The lowest BCUT2D eigenvalue weighted by atomic mass is 9.91. The second kappa shape index (κ2) is 5.91. The minimum Gasteiger partial charge on any atom is -0.383 e. The van der Waals surface area contributed by atoms with Gasteiger partial charge in [0, 0.05) is 37.7 Å². The Hall–Kier alpha value is 0.230. The predicted octanol–water partition coefficient (Wildman–Crippen LogP) is 1.57. The van der Waals surface area contributed by atoms with Crippen molar-refractivity contribution in [3.63, 3.8) is 0 Å². The fourth-order valence-electron chi connectivity index (χ4n) is 3.06. The van der Waals surface area contributed by atoms with E-state index in [1.54, 1.807) is 0 Å². The van der Waals surface area contributed by atoms with Crippen LogP contribution in [0.15, 0.2) is 0 Å². The zero-order chi connectivity index (χ0) is 12.3. The Labute approximate surface area is 109 Å². The van der Waals surface area contributed by atoms with Gasteiger partial charge in [-0.3, -0.25) is 4.90 Å². The molecule has 2 aliphatic rings. The van der Waals surface area contributed by atoms with E-state index in [2.05, 4.69) is 23.6 Å². The molecule has 1 heterocycles. The summed E-state index contributed by atoms with van der Waals surface area (Å²) in [5.41, 5.74) is 6.25. The minimum absolute atomic E-state index is 0.128. The van der Waals surface area contributed by atoms with Gasteiger partial charge in [0.15, 0.2) is 0 Å². The van der Waals surface area contributed by atoms with Crippen LogP contribution in [0.3, 0.4) is 0 Å². The van der Waals surface area contributed by atoms with E-state index < -0.39 is 0 Å². The Balaban J connectivity index is 2.08. The van der Waals surface area contributed by atoms with Crippen LogP contribution in [0.1, 0.15) is 26.2 Å². The van der Waals surface area contributed by atoms with E-state index in [9.17, 15) is 0 Å². The Morgan fingerprint density at radius 1 is 1.47 bits per heavy atom. The summed E-state index contributed by atoms with van der Waals surface area (Å²) in [7, 11) is 1.81. The fourth-order valence-corrected chi connectivity index (χ4v) is 4.24. The lowest BCUT2D eigenvalue weighted by Crippen LogP contribution is -2.61. The quantitative estimate of drug-likeness (QED) is 0.785. The number of hydrogen-bond acceptors (Lipinski definition) is 4.